The molecule has 3 aromatic carbocycles. The van der Waals surface area contributed by atoms with Crippen LogP contribution in [-0.2, 0) is 11.2 Å². The standard InChI is InChI=1S/C31H29ClN2O3/c1-4-36-31(35)30-26(12-8-16-37-21-17-19(2)28(32)20(3)18-21)25-11-7-10-24(29(25)34-30)22-14-15-33-27-13-6-5-9-23(22)27/h5-7,9-11,13-15,17-18,34H,4,8,12,16H2,1-3H3. The smallest absolute Gasteiger partial charge is 0.355 e. The summed E-state index contributed by atoms with van der Waals surface area (Å²) >= 11 is 6.29. The molecule has 0 bridgehead atoms. The lowest BCUT2D eigenvalue weighted by Gasteiger charge is -2.10. The van der Waals surface area contributed by atoms with E-state index in [4.69, 9.17) is 21.1 Å². The van der Waals surface area contributed by atoms with E-state index in [0.29, 0.717) is 25.3 Å². The van der Waals surface area contributed by atoms with Crippen LogP contribution < -0.4 is 4.74 Å². The van der Waals surface area contributed by atoms with Crippen LogP contribution in [-0.4, -0.2) is 29.2 Å². The van der Waals surface area contributed by atoms with Gasteiger partial charge in [-0.3, -0.25) is 4.98 Å². The quantitative estimate of drug-likeness (QED) is 0.170. The van der Waals surface area contributed by atoms with Gasteiger partial charge in [0.1, 0.15) is 11.4 Å². The van der Waals surface area contributed by atoms with Crippen molar-refractivity contribution in [2.45, 2.75) is 33.6 Å². The molecule has 0 aliphatic rings. The second-order valence-electron chi connectivity index (χ2n) is 9.13. The van der Waals surface area contributed by atoms with Gasteiger partial charge in [0, 0.05) is 27.6 Å². The number of aromatic nitrogens is 2. The fourth-order valence-electron chi connectivity index (χ4n) is 4.89. The van der Waals surface area contributed by atoms with Crippen LogP contribution in [0.4, 0.5) is 0 Å². The van der Waals surface area contributed by atoms with Crippen LogP contribution in [0.3, 0.4) is 0 Å². The van der Waals surface area contributed by atoms with Crippen LogP contribution >= 0.6 is 11.6 Å². The summed E-state index contributed by atoms with van der Waals surface area (Å²) in [6, 6.07) is 20.2. The molecule has 0 saturated carbocycles. The number of H-pyrrole nitrogens is 1. The van der Waals surface area contributed by atoms with Crippen LogP contribution in [0.15, 0.2) is 66.9 Å². The number of para-hydroxylation sites is 2. The van der Waals surface area contributed by atoms with E-state index >= 15 is 0 Å². The minimum absolute atomic E-state index is 0.313. The predicted octanol–water partition coefficient (Wildman–Crippen LogP) is 7.84. The average Bonchev–Trinajstić information content (AvgIpc) is 3.28. The number of hydrogen-bond acceptors (Lipinski definition) is 4. The van der Waals surface area contributed by atoms with Crippen molar-refractivity contribution in [3.05, 3.63) is 94.3 Å². The summed E-state index contributed by atoms with van der Waals surface area (Å²) < 4.78 is 11.4. The molecule has 2 aromatic heterocycles. The third kappa shape index (κ3) is 4.92. The number of aromatic amines is 1. The largest absolute Gasteiger partial charge is 0.494 e. The fraction of sp³-hybridized carbons (Fsp3) is 0.226. The van der Waals surface area contributed by atoms with Crippen molar-refractivity contribution >= 4 is 39.4 Å². The van der Waals surface area contributed by atoms with Crippen LogP contribution in [0.5, 0.6) is 5.75 Å². The Bertz CT molecular complexity index is 1580. The SMILES string of the molecule is CCOC(=O)c1[nH]c2c(-c3ccnc4ccccc34)cccc2c1CCCOc1cc(C)c(Cl)c(C)c1. The first-order valence-electron chi connectivity index (χ1n) is 12.5. The minimum Gasteiger partial charge on any atom is -0.494 e. The highest BCUT2D eigenvalue weighted by Gasteiger charge is 2.21. The van der Waals surface area contributed by atoms with Gasteiger partial charge >= 0.3 is 5.97 Å². The first-order valence-corrected chi connectivity index (χ1v) is 12.9. The second-order valence-corrected chi connectivity index (χ2v) is 9.50. The summed E-state index contributed by atoms with van der Waals surface area (Å²) in [5.74, 6) is 0.458. The van der Waals surface area contributed by atoms with E-state index < -0.39 is 0 Å². The third-order valence-corrected chi connectivity index (χ3v) is 7.21. The van der Waals surface area contributed by atoms with Crippen molar-refractivity contribution in [3.8, 4) is 16.9 Å². The molecule has 0 aliphatic heterocycles. The zero-order valence-corrected chi connectivity index (χ0v) is 22.0. The Balaban J connectivity index is 1.48. The maximum absolute atomic E-state index is 12.9. The number of hydrogen-bond donors (Lipinski definition) is 1. The Morgan fingerprint density at radius 3 is 2.51 bits per heavy atom. The van der Waals surface area contributed by atoms with Gasteiger partial charge in [-0.1, -0.05) is 48.0 Å². The molecule has 0 amide bonds. The lowest BCUT2D eigenvalue weighted by atomic mass is 9.97. The van der Waals surface area contributed by atoms with E-state index in [-0.39, 0.29) is 5.97 Å². The number of carbonyl (C=O) groups excluding carboxylic acids is 1. The van der Waals surface area contributed by atoms with Gasteiger partial charge in [0.25, 0.3) is 0 Å². The van der Waals surface area contributed by atoms with Gasteiger partial charge in [-0.2, -0.15) is 0 Å². The molecule has 2 heterocycles. The number of benzene rings is 3. The monoisotopic (exact) mass is 512 g/mol. The van der Waals surface area contributed by atoms with Gasteiger partial charge in [0.15, 0.2) is 0 Å². The van der Waals surface area contributed by atoms with Gasteiger partial charge in [0.05, 0.1) is 24.2 Å². The highest BCUT2D eigenvalue weighted by atomic mass is 35.5. The van der Waals surface area contributed by atoms with E-state index in [0.717, 1.165) is 66.8 Å². The lowest BCUT2D eigenvalue weighted by Crippen LogP contribution is -2.09. The molecular formula is C31H29ClN2O3. The number of nitrogens with zero attached hydrogens (tertiary/aromatic N) is 1. The summed E-state index contributed by atoms with van der Waals surface area (Å²) in [7, 11) is 0. The van der Waals surface area contributed by atoms with Crippen molar-refractivity contribution in [3.63, 3.8) is 0 Å². The van der Waals surface area contributed by atoms with Gasteiger partial charge in [-0.25, -0.2) is 4.79 Å². The molecule has 0 unspecified atom stereocenters. The number of fused-ring (bicyclic) bond motifs is 2. The molecule has 6 heteroatoms. The van der Waals surface area contributed by atoms with Crippen molar-refractivity contribution in [2.75, 3.05) is 13.2 Å². The summed E-state index contributed by atoms with van der Waals surface area (Å²) in [6.07, 6.45) is 3.23. The molecule has 5 rings (SSSR count). The lowest BCUT2D eigenvalue weighted by molar-refractivity contribution is 0.0519. The first kappa shape index (κ1) is 24.8. The average molecular weight is 513 g/mol. The van der Waals surface area contributed by atoms with Crippen LogP contribution in [0.25, 0.3) is 32.9 Å². The predicted molar refractivity (Wildman–Crippen MR) is 150 cm³/mol. The van der Waals surface area contributed by atoms with Crippen molar-refractivity contribution < 1.29 is 14.3 Å². The van der Waals surface area contributed by atoms with E-state index in [1.54, 1.807) is 0 Å². The molecule has 1 N–H and O–H groups in total. The molecule has 188 valence electrons. The number of pyridine rings is 1. The molecule has 0 fully saturated rings. The van der Waals surface area contributed by atoms with Crippen molar-refractivity contribution in [1.29, 1.82) is 0 Å². The molecule has 0 spiro atoms. The zero-order chi connectivity index (χ0) is 25.9. The number of halogens is 1. The summed E-state index contributed by atoms with van der Waals surface area (Å²) in [4.78, 5) is 20.9. The Morgan fingerprint density at radius 1 is 0.973 bits per heavy atom. The molecule has 0 aliphatic carbocycles. The topological polar surface area (TPSA) is 64.2 Å². The zero-order valence-electron chi connectivity index (χ0n) is 21.2. The van der Waals surface area contributed by atoms with Crippen LogP contribution in [0.2, 0.25) is 5.02 Å². The molecule has 5 aromatic rings. The molecule has 0 radical (unpaired) electrons. The molecule has 37 heavy (non-hydrogen) atoms. The Labute approximate surface area is 221 Å². The Morgan fingerprint density at radius 2 is 1.73 bits per heavy atom. The van der Waals surface area contributed by atoms with Gasteiger partial charge in [0.2, 0.25) is 0 Å². The van der Waals surface area contributed by atoms with Crippen LogP contribution in [0.1, 0.15) is 40.5 Å². The van der Waals surface area contributed by atoms with Gasteiger partial charge in [-0.15, -0.1) is 0 Å². The number of ether oxygens (including phenoxy) is 2. The van der Waals surface area contributed by atoms with E-state index in [1.807, 2.05) is 69.4 Å². The molecule has 5 nitrogen and oxygen atoms in total. The summed E-state index contributed by atoms with van der Waals surface area (Å²) in [5.41, 5.74) is 7.37. The maximum Gasteiger partial charge on any atom is 0.355 e. The van der Waals surface area contributed by atoms with Crippen molar-refractivity contribution in [2.24, 2.45) is 0 Å². The fourth-order valence-corrected chi connectivity index (χ4v) is 5.00. The maximum atomic E-state index is 12.9. The number of carbonyl (C=O) groups is 1. The summed E-state index contributed by atoms with van der Waals surface area (Å²) in [6.45, 7) is 6.60. The molecular weight excluding hydrogens is 484 g/mol. The number of rotatable bonds is 8. The number of nitrogens with one attached hydrogen (secondary N) is 1. The second kappa shape index (κ2) is 10.7. The normalized spacial score (nSPS) is 11.2. The van der Waals surface area contributed by atoms with Crippen LogP contribution in [0, 0.1) is 13.8 Å². The van der Waals surface area contributed by atoms with E-state index in [1.165, 1.54) is 0 Å². The van der Waals surface area contributed by atoms with Crippen molar-refractivity contribution in [1.82, 2.24) is 9.97 Å². The Hall–Kier alpha value is -3.83. The Kier molecular flexibility index (Phi) is 7.15. The molecule has 0 saturated heterocycles. The van der Waals surface area contributed by atoms with E-state index in [2.05, 4.69) is 28.2 Å². The molecule has 0 atom stereocenters. The highest BCUT2D eigenvalue weighted by Crippen LogP contribution is 2.36. The minimum atomic E-state index is -0.343. The van der Waals surface area contributed by atoms with Gasteiger partial charge in [-0.05, 0) is 80.1 Å². The van der Waals surface area contributed by atoms with E-state index in [9.17, 15) is 4.79 Å². The third-order valence-electron chi connectivity index (χ3n) is 6.61. The summed E-state index contributed by atoms with van der Waals surface area (Å²) in [5, 5.41) is 2.84. The number of esters is 1. The highest BCUT2D eigenvalue weighted by molar-refractivity contribution is 6.32. The first-order chi connectivity index (χ1) is 18.0. The number of aryl methyl sites for hydroxylation is 3. The van der Waals surface area contributed by atoms with Gasteiger partial charge < -0.3 is 14.5 Å².